The Kier molecular flexibility index (Phi) is 9.91. The van der Waals surface area contributed by atoms with E-state index in [4.69, 9.17) is 4.74 Å². The summed E-state index contributed by atoms with van der Waals surface area (Å²) in [4.78, 5) is 42.8. The van der Waals surface area contributed by atoms with E-state index in [1.807, 2.05) is 49.0 Å². The molecule has 0 fully saturated rings. The van der Waals surface area contributed by atoms with Crippen LogP contribution in [0.4, 0.5) is 20.6 Å². The molecule has 11 heteroatoms. The number of nitrogens with one attached hydrogen (secondary N) is 2. The summed E-state index contributed by atoms with van der Waals surface area (Å²) in [5, 5.41) is 16.7. The lowest BCUT2D eigenvalue weighted by Crippen LogP contribution is -2.48. The minimum atomic E-state index is -0.520. The van der Waals surface area contributed by atoms with E-state index in [1.54, 1.807) is 37.1 Å². The van der Waals surface area contributed by atoms with Crippen LogP contribution in [0.1, 0.15) is 25.0 Å². The van der Waals surface area contributed by atoms with E-state index < -0.39 is 24.0 Å². The zero-order valence-corrected chi connectivity index (χ0v) is 26.5. The average Bonchev–Trinajstić information content (AvgIpc) is 3.36. The third-order valence-electron chi connectivity index (χ3n) is 8.43. The zero-order chi connectivity index (χ0) is 33.0. The van der Waals surface area contributed by atoms with Crippen molar-refractivity contribution in [3.63, 3.8) is 0 Å². The summed E-state index contributed by atoms with van der Waals surface area (Å²) < 4.78 is 21.8. The predicted molar refractivity (Wildman–Crippen MR) is 175 cm³/mol. The molecule has 46 heavy (non-hydrogen) atoms. The van der Waals surface area contributed by atoms with Gasteiger partial charge in [0.1, 0.15) is 17.7 Å². The monoisotopic (exact) mass is 629 g/mol. The molecular weight excluding hydrogens is 589 g/mol. The SMILES string of the molecule is C[C@H]1CN([C@@H](C)CO)C(=O)Cc2cc(NC(=O)Cc3cn(C)c4ccccc34)ccc2O[C@@H]1CN(C)C(=O)Nc1ccc(F)cc1. The first-order valence-electron chi connectivity index (χ1n) is 15.3. The van der Waals surface area contributed by atoms with Gasteiger partial charge in [-0.25, -0.2) is 9.18 Å². The van der Waals surface area contributed by atoms with Gasteiger partial charge in [0.2, 0.25) is 11.8 Å². The molecule has 3 N–H and O–H groups in total. The predicted octanol–water partition coefficient (Wildman–Crippen LogP) is 4.81. The summed E-state index contributed by atoms with van der Waals surface area (Å²) in [6, 6.07) is 17.8. The molecule has 2 heterocycles. The third-order valence-corrected chi connectivity index (χ3v) is 8.43. The molecule has 0 saturated heterocycles. The first-order valence-corrected chi connectivity index (χ1v) is 15.3. The van der Waals surface area contributed by atoms with E-state index in [2.05, 4.69) is 10.6 Å². The number of halogens is 1. The number of urea groups is 1. The van der Waals surface area contributed by atoms with Crippen LogP contribution in [0.5, 0.6) is 5.75 Å². The summed E-state index contributed by atoms with van der Waals surface area (Å²) in [7, 11) is 3.58. The fourth-order valence-corrected chi connectivity index (χ4v) is 5.77. The fourth-order valence-electron chi connectivity index (χ4n) is 5.77. The lowest BCUT2D eigenvalue weighted by molar-refractivity contribution is -0.134. The lowest BCUT2D eigenvalue weighted by Gasteiger charge is -2.34. The molecule has 0 unspecified atom stereocenters. The summed E-state index contributed by atoms with van der Waals surface area (Å²) >= 11 is 0. The number of amides is 4. The highest BCUT2D eigenvalue weighted by Crippen LogP contribution is 2.30. The summed E-state index contributed by atoms with van der Waals surface area (Å²) in [6.45, 7) is 4.01. The number of hydrogen-bond donors (Lipinski definition) is 3. The Balaban J connectivity index is 1.36. The lowest BCUT2D eigenvalue weighted by atomic mass is 10.0. The molecule has 3 aromatic carbocycles. The molecule has 4 amide bonds. The van der Waals surface area contributed by atoms with E-state index in [1.165, 1.54) is 29.2 Å². The number of hydrogen-bond acceptors (Lipinski definition) is 5. The maximum atomic E-state index is 13.6. The highest BCUT2D eigenvalue weighted by molar-refractivity contribution is 5.96. The quantitative estimate of drug-likeness (QED) is 0.259. The maximum absolute atomic E-state index is 13.6. The summed E-state index contributed by atoms with van der Waals surface area (Å²) in [6.07, 6.45) is 1.62. The van der Waals surface area contributed by atoms with Crippen LogP contribution in [-0.4, -0.2) is 76.2 Å². The molecule has 0 aliphatic carbocycles. The highest BCUT2D eigenvalue weighted by atomic mass is 19.1. The molecule has 0 radical (unpaired) electrons. The van der Waals surface area contributed by atoms with Crippen LogP contribution >= 0.6 is 0 Å². The number of carbonyl (C=O) groups is 3. The number of rotatable bonds is 8. The molecule has 242 valence electrons. The van der Waals surface area contributed by atoms with E-state index >= 15 is 0 Å². The van der Waals surface area contributed by atoms with Crippen LogP contribution < -0.4 is 15.4 Å². The second-order valence-electron chi connectivity index (χ2n) is 12.0. The first-order chi connectivity index (χ1) is 22.0. The number of aliphatic hydroxyl groups excluding tert-OH is 1. The van der Waals surface area contributed by atoms with E-state index in [0.717, 1.165) is 16.5 Å². The van der Waals surface area contributed by atoms with Gasteiger partial charge in [0.05, 0.1) is 32.0 Å². The Bertz CT molecular complexity index is 1720. The van der Waals surface area contributed by atoms with Gasteiger partial charge in [-0.1, -0.05) is 25.1 Å². The van der Waals surface area contributed by atoms with Gasteiger partial charge in [-0.2, -0.15) is 0 Å². The topological polar surface area (TPSA) is 116 Å². The van der Waals surface area contributed by atoms with Crippen LogP contribution in [0.15, 0.2) is 72.9 Å². The van der Waals surface area contributed by atoms with Crippen molar-refractivity contribution in [1.29, 1.82) is 0 Å². The molecule has 0 spiro atoms. The number of aromatic nitrogens is 1. The Morgan fingerprint density at radius 1 is 1.09 bits per heavy atom. The number of ether oxygens (including phenoxy) is 1. The van der Waals surface area contributed by atoms with Crippen molar-refractivity contribution in [2.45, 2.75) is 38.8 Å². The molecule has 4 aromatic rings. The number of anilines is 2. The average molecular weight is 630 g/mol. The van der Waals surface area contributed by atoms with Crippen LogP contribution in [-0.2, 0) is 29.5 Å². The van der Waals surface area contributed by atoms with E-state index in [9.17, 15) is 23.9 Å². The van der Waals surface area contributed by atoms with Gasteiger partial charge in [0.15, 0.2) is 0 Å². The van der Waals surface area contributed by atoms with Gasteiger partial charge >= 0.3 is 6.03 Å². The van der Waals surface area contributed by atoms with Crippen molar-refractivity contribution in [1.82, 2.24) is 14.4 Å². The molecule has 1 aromatic heterocycles. The minimum absolute atomic E-state index is 0.00698. The van der Waals surface area contributed by atoms with Crippen LogP contribution in [0, 0.1) is 11.7 Å². The van der Waals surface area contributed by atoms with Crippen molar-refractivity contribution in [3.05, 3.63) is 89.9 Å². The van der Waals surface area contributed by atoms with Crippen molar-refractivity contribution in [3.8, 4) is 5.75 Å². The smallest absolute Gasteiger partial charge is 0.321 e. The van der Waals surface area contributed by atoms with Crippen molar-refractivity contribution in [2.75, 3.05) is 37.4 Å². The normalized spacial score (nSPS) is 17.3. The van der Waals surface area contributed by atoms with Crippen molar-refractivity contribution >= 4 is 40.1 Å². The number of nitrogens with zero attached hydrogens (tertiary/aromatic N) is 3. The number of aryl methyl sites for hydroxylation is 1. The molecule has 10 nitrogen and oxygen atoms in total. The number of likely N-dealkylation sites (N-methyl/N-ethyl adjacent to an activating group) is 1. The largest absolute Gasteiger partial charge is 0.488 e. The van der Waals surface area contributed by atoms with Crippen molar-refractivity contribution < 1.29 is 28.6 Å². The molecule has 0 bridgehead atoms. The van der Waals surface area contributed by atoms with Crippen LogP contribution in [0.3, 0.4) is 0 Å². The third kappa shape index (κ3) is 7.48. The molecular formula is C35H40FN5O5. The molecule has 3 atom stereocenters. The van der Waals surface area contributed by atoms with E-state index in [0.29, 0.717) is 29.2 Å². The summed E-state index contributed by atoms with van der Waals surface area (Å²) in [5.41, 5.74) is 3.52. The number of aliphatic hydroxyl groups is 1. The van der Waals surface area contributed by atoms with E-state index in [-0.39, 0.29) is 43.7 Å². The van der Waals surface area contributed by atoms with Gasteiger partial charge in [-0.05, 0) is 61.0 Å². The number of carbonyl (C=O) groups excluding carboxylic acids is 3. The first kappa shape index (κ1) is 32.5. The molecule has 5 rings (SSSR count). The highest BCUT2D eigenvalue weighted by Gasteiger charge is 2.32. The standard InChI is InChI=1S/C35H40FN5O5/c1-22-18-41(23(2)21-42)34(44)17-24-15-28(37-33(43)16-25-19-39(3)30-8-6-5-7-29(25)30)13-14-31(24)46-32(22)20-40(4)35(45)38-27-11-9-26(36)10-12-27/h5-15,19,22-23,32,42H,16-18,20-21H2,1-4H3,(H,37,43)(H,38,45)/t22-,23-,32+/m0/s1. The molecule has 0 saturated carbocycles. The van der Waals surface area contributed by atoms with Gasteiger partial charge in [0.25, 0.3) is 0 Å². The number of benzene rings is 3. The fraction of sp³-hybridized carbons (Fsp3) is 0.343. The summed E-state index contributed by atoms with van der Waals surface area (Å²) in [5.74, 6) is -0.516. The second-order valence-corrected chi connectivity index (χ2v) is 12.0. The van der Waals surface area contributed by atoms with Crippen LogP contribution in [0.2, 0.25) is 0 Å². The Hall–Kier alpha value is -4.90. The maximum Gasteiger partial charge on any atom is 0.321 e. The molecule has 1 aliphatic heterocycles. The molecule has 1 aliphatic rings. The van der Waals surface area contributed by atoms with Gasteiger partial charge in [-0.15, -0.1) is 0 Å². The minimum Gasteiger partial charge on any atom is -0.488 e. The van der Waals surface area contributed by atoms with Crippen molar-refractivity contribution in [2.24, 2.45) is 13.0 Å². The number of fused-ring (bicyclic) bond motifs is 2. The Labute approximate surface area is 267 Å². The van der Waals surface area contributed by atoms with Gasteiger partial charge < -0.3 is 34.8 Å². The zero-order valence-electron chi connectivity index (χ0n) is 26.5. The van der Waals surface area contributed by atoms with Crippen LogP contribution in [0.25, 0.3) is 10.9 Å². The Morgan fingerprint density at radius 2 is 1.80 bits per heavy atom. The number of para-hydroxylation sites is 1. The van der Waals surface area contributed by atoms with Gasteiger partial charge in [0, 0.05) is 60.6 Å². The van der Waals surface area contributed by atoms with Gasteiger partial charge in [-0.3, -0.25) is 9.59 Å². The Morgan fingerprint density at radius 3 is 2.54 bits per heavy atom. The second kappa shape index (κ2) is 14.0.